The minimum atomic E-state index is 0.698. The first kappa shape index (κ1) is 13.7. The molecule has 1 N–H and O–H groups in total. The molecule has 0 aliphatic heterocycles. The van der Waals surface area contributed by atoms with E-state index in [4.69, 9.17) is 11.6 Å². The maximum atomic E-state index is 6.18. The minimum Gasteiger partial charge on any atom is -0.369 e. The fourth-order valence-electron chi connectivity index (χ4n) is 2.99. The third kappa shape index (κ3) is 2.99. The molecule has 2 nitrogen and oxygen atoms in total. The molecule has 0 spiro atoms. The first-order valence-electron chi connectivity index (χ1n) is 6.96. The maximum Gasteiger partial charge on any atom is 0.0429 e. The van der Waals surface area contributed by atoms with Crippen molar-refractivity contribution in [2.45, 2.75) is 45.2 Å². The standard InChI is InChI=1S/C15H23ClN2/c1-3-18(14-6-4-5-7-14)15-10-13(16)9-8-12(15)11-17-2/h8-10,14,17H,3-7,11H2,1-2H3. The second kappa shape index (κ2) is 6.44. The molecular weight excluding hydrogens is 244 g/mol. The van der Waals surface area contributed by atoms with E-state index in [0.29, 0.717) is 6.04 Å². The molecule has 1 aliphatic carbocycles. The fraction of sp³-hybridized carbons (Fsp3) is 0.600. The number of anilines is 1. The van der Waals surface area contributed by atoms with Gasteiger partial charge in [0.1, 0.15) is 0 Å². The summed E-state index contributed by atoms with van der Waals surface area (Å²) in [6.07, 6.45) is 5.37. The van der Waals surface area contributed by atoms with Crippen molar-refractivity contribution < 1.29 is 0 Å². The Morgan fingerprint density at radius 1 is 1.33 bits per heavy atom. The van der Waals surface area contributed by atoms with Crippen LogP contribution < -0.4 is 10.2 Å². The van der Waals surface area contributed by atoms with Gasteiger partial charge in [0.25, 0.3) is 0 Å². The third-order valence-corrected chi connectivity index (χ3v) is 4.07. The summed E-state index contributed by atoms with van der Waals surface area (Å²) < 4.78 is 0. The second-order valence-corrected chi connectivity index (χ2v) is 5.46. The van der Waals surface area contributed by atoms with Crippen molar-refractivity contribution in [1.82, 2.24) is 5.32 Å². The van der Waals surface area contributed by atoms with E-state index in [1.54, 1.807) is 0 Å². The molecule has 0 unspecified atom stereocenters. The van der Waals surface area contributed by atoms with Gasteiger partial charge in [-0.1, -0.05) is 30.5 Å². The van der Waals surface area contributed by atoms with Gasteiger partial charge in [-0.3, -0.25) is 0 Å². The Balaban J connectivity index is 2.29. The lowest BCUT2D eigenvalue weighted by atomic mass is 10.1. The number of nitrogens with one attached hydrogen (secondary N) is 1. The molecule has 0 heterocycles. The molecule has 0 amide bonds. The summed E-state index contributed by atoms with van der Waals surface area (Å²) in [4.78, 5) is 2.53. The predicted molar refractivity (Wildman–Crippen MR) is 79.5 cm³/mol. The Labute approximate surface area is 115 Å². The number of nitrogens with zero attached hydrogens (tertiary/aromatic N) is 1. The average molecular weight is 267 g/mol. The second-order valence-electron chi connectivity index (χ2n) is 5.03. The van der Waals surface area contributed by atoms with E-state index in [2.05, 4.69) is 29.3 Å². The van der Waals surface area contributed by atoms with E-state index < -0.39 is 0 Å². The third-order valence-electron chi connectivity index (χ3n) is 3.83. The van der Waals surface area contributed by atoms with Crippen LogP contribution in [0.2, 0.25) is 5.02 Å². The van der Waals surface area contributed by atoms with Crippen molar-refractivity contribution >= 4 is 17.3 Å². The van der Waals surface area contributed by atoms with Crippen molar-refractivity contribution in [1.29, 1.82) is 0 Å². The predicted octanol–water partition coefficient (Wildman–Crippen LogP) is 3.83. The molecule has 1 aromatic rings. The zero-order chi connectivity index (χ0) is 13.0. The molecule has 1 aliphatic rings. The van der Waals surface area contributed by atoms with E-state index >= 15 is 0 Å². The summed E-state index contributed by atoms with van der Waals surface area (Å²) in [5, 5.41) is 4.08. The van der Waals surface area contributed by atoms with Gasteiger partial charge in [0.15, 0.2) is 0 Å². The van der Waals surface area contributed by atoms with Gasteiger partial charge in [0.05, 0.1) is 0 Å². The SMILES string of the molecule is CCN(c1cc(Cl)ccc1CNC)C1CCCC1. The van der Waals surface area contributed by atoms with Crippen LogP contribution in [0.5, 0.6) is 0 Å². The molecule has 0 bridgehead atoms. The zero-order valence-electron chi connectivity index (χ0n) is 11.4. The fourth-order valence-corrected chi connectivity index (χ4v) is 3.15. The highest BCUT2D eigenvalue weighted by molar-refractivity contribution is 6.30. The van der Waals surface area contributed by atoms with E-state index in [9.17, 15) is 0 Å². The van der Waals surface area contributed by atoms with Crippen molar-refractivity contribution in [3.05, 3.63) is 28.8 Å². The van der Waals surface area contributed by atoms with Crippen LogP contribution in [0.25, 0.3) is 0 Å². The van der Waals surface area contributed by atoms with Crippen LogP contribution >= 0.6 is 11.6 Å². The zero-order valence-corrected chi connectivity index (χ0v) is 12.1. The first-order chi connectivity index (χ1) is 8.76. The molecule has 18 heavy (non-hydrogen) atoms. The number of rotatable bonds is 5. The van der Waals surface area contributed by atoms with Gasteiger partial charge in [-0.05, 0) is 44.5 Å². The largest absolute Gasteiger partial charge is 0.369 e. The van der Waals surface area contributed by atoms with Gasteiger partial charge in [-0.25, -0.2) is 0 Å². The van der Waals surface area contributed by atoms with Gasteiger partial charge in [-0.2, -0.15) is 0 Å². The molecule has 1 fully saturated rings. The molecule has 100 valence electrons. The molecule has 2 rings (SSSR count). The van der Waals surface area contributed by atoms with Crippen LogP contribution in [0, 0.1) is 0 Å². The number of benzene rings is 1. The van der Waals surface area contributed by atoms with E-state index in [1.807, 2.05) is 13.1 Å². The monoisotopic (exact) mass is 266 g/mol. The van der Waals surface area contributed by atoms with Crippen LogP contribution in [-0.4, -0.2) is 19.6 Å². The number of hydrogen-bond acceptors (Lipinski definition) is 2. The lowest BCUT2D eigenvalue weighted by Gasteiger charge is -2.32. The van der Waals surface area contributed by atoms with E-state index in [1.165, 1.54) is 36.9 Å². The van der Waals surface area contributed by atoms with Gasteiger partial charge in [0.2, 0.25) is 0 Å². The molecule has 1 saturated carbocycles. The van der Waals surface area contributed by atoms with Gasteiger partial charge in [-0.15, -0.1) is 0 Å². The lowest BCUT2D eigenvalue weighted by Crippen LogP contribution is -2.34. The Bertz CT molecular complexity index is 386. The van der Waals surface area contributed by atoms with E-state index in [0.717, 1.165) is 18.1 Å². The van der Waals surface area contributed by atoms with Gasteiger partial charge >= 0.3 is 0 Å². The number of halogens is 1. The van der Waals surface area contributed by atoms with Crippen molar-refractivity contribution in [3.63, 3.8) is 0 Å². The molecule has 3 heteroatoms. The lowest BCUT2D eigenvalue weighted by molar-refractivity contribution is 0.616. The highest BCUT2D eigenvalue weighted by Crippen LogP contribution is 2.32. The first-order valence-corrected chi connectivity index (χ1v) is 7.33. The van der Waals surface area contributed by atoms with Gasteiger partial charge in [0, 0.05) is 29.8 Å². The Morgan fingerprint density at radius 2 is 2.06 bits per heavy atom. The summed E-state index contributed by atoms with van der Waals surface area (Å²) >= 11 is 6.18. The highest BCUT2D eigenvalue weighted by Gasteiger charge is 2.23. The smallest absolute Gasteiger partial charge is 0.0429 e. The summed E-state index contributed by atoms with van der Waals surface area (Å²) in [5.41, 5.74) is 2.65. The molecular formula is C15H23ClN2. The van der Waals surface area contributed by atoms with Crippen molar-refractivity contribution in [2.24, 2.45) is 0 Å². The molecule has 0 radical (unpaired) electrons. The van der Waals surface area contributed by atoms with Crippen LogP contribution in [0.4, 0.5) is 5.69 Å². The maximum absolute atomic E-state index is 6.18. The summed E-state index contributed by atoms with van der Waals surface area (Å²) in [6, 6.07) is 6.95. The quantitative estimate of drug-likeness (QED) is 0.871. The number of hydrogen-bond donors (Lipinski definition) is 1. The molecule has 0 atom stereocenters. The van der Waals surface area contributed by atoms with Crippen LogP contribution in [0.15, 0.2) is 18.2 Å². The van der Waals surface area contributed by atoms with Crippen LogP contribution in [0.1, 0.15) is 38.2 Å². The van der Waals surface area contributed by atoms with Crippen LogP contribution in [-0.2, 0) is 6.54 Å². The topological polar surface area (TPSA) is 15.3 Å². The highest BCUT2D eigenvalue weighted by atomic mass is 35.5. The van der Waals surface area contributed by atoms with Crippen molar-refractivity contribution in [2.75, 3.05) is 18.5 Å². The molecule has 0 aromatic heterocycles. The Morgan fingerprint density at radius 3 is 2.67 bits per heavy atom. The van der Waals surface area contributed by atoms with Crippen LogP contribution in [0.3, 0.4) is 0 Å². The van der Waals surface area contributed by atoms with Gasteiger partial charge < -0.3 is 10.2 Å². The molecule has 1 aromatic carbocycles. The van der Waals surface area contributed by atoms with E-state index in [-0.39, 0.29) is 0 Å². The summed E-state index contributed by atoms with van der Waals surface area (Å²) in [6.45, 7) is 4.19. The Kier molecular flexibility index (Phi) is 4.90. The summed E-state index contributed by atoms with van der Waals surface area (Å²) in [5.74, 6) is 0. The van der Waals surface area contributed by atoms with Crippen molar-refractivity contribution in [3.8, 4) is 0 Å². The minimum absolute atomic E-state index is 0.698. The Hall–Kier alpha value is -0.730. The normalized spacial score (nSPS) is 16.2. The average Bonchev–Trinajstić information content (AvgIpc) is 2.87. The summed E-state index contributed by atoms with van der Waals surface area (Å²) in [7, 11) is 1.99. The molecule has 0 saturated heterocycles.